The maximum atomic E-state index is 13.4. The summed E-state index contributed by atoms with van der Waals surface area (Å²) in [6.07, 6.45) is 0. The molecule has 0 radical (unpaired) electrons. The summed E-state index contributed by atoms with van der Waals surface area (Å²) in [4.78, 5) is -0.140. The summed E-state index contributed by atoms with van der Waals surface area (Å²) < 4.78 is 54.9. The number of hydrogen-bond donors (Lipinski definition) is 0. The van der Waals surface area contributed by atoms with Crippen molar-refractivity contribution in [2.24, 2.45) is 0 Å². The predicted molar refractivity (Wildman–Crippen MR) is 68.3 cm³/mol. The van der Waals surface area contributed by atoms with Gasteiger partial charge >= 0.3 is 10.1 Å². The van der Waals surface area contributed by atoms with Gasteiger partial charge in [0.05, 0.1) is 0 Å². The van der Waals surface area contributed by atoms with Crippen LogP contribution in [0.25, 0.3) is 0 Å². The Bertz CT molecular complexity index is 717. The molecular formula is C12H7BrF2O3S. The fourth-order valence-corrected chi connectivity index (χ4v) is 3.25. The highest BCUT2D eigenvalue weighted by atomic mass is 79.9. The molecule has 7 heteroatoms. The van der Waals surface area contributed by atoms with Crippen molar-refractivity contribution in [3.8, 4) is 5.75 Å². The zero-order chi connectivity index (χ0) is 14.0. The van der Waals surface area contributed by atoms with E-state index in [0.29, 0.717) is 6.07 Å². The van der Waals surface area contributed by atoms with Gasteiger partial charge in [0.15, 0.2) is 11.6 Å². The van der Waals surface area contributed by atoms with E-state index in [1.807, 2.05) is 0 Å². The summed E-state index contributed by atoms with van der Waals surface area (Å²) in [6, 6.07) is 8.32. The molecule has 0 aliphatic rings. The van der Waals surface area contributed by atoms with Gasteiger partial charge in [-0.15, -0.1) is 0 Å². The van der Waals surface area contributed by atoms with Crippen molar-refractivity contribution < 1.29 is 21.4 Å². The standard InChI is InChI=1S/C12H7BrF2O3S/c13-9-3-1-2-4-12(9)19(16,17)18-11-6-5-8(14)7-10(11)15/h1-7H. The molecule has 0 saturated carbocycles. The highest BCUT2D eigenvalue weighted by Crippen LogP contribution is 2.26. The van der Waals surface area contributed by atoms with Gasteiger partial charge < -0.3 is 4.18 Å². The minimum atomic E-state index is -4.19. The minimum absolute atomic E-state index is 0.140. The van der Waals surface area contributed by atoms with Gasteiger partial charge in [0.25, 0.3) is 0 Å². The van der Waals surface area contributed by atoms with Gasteiger partial charge in [0.2, 0.25) is 0 Å². The van der Waals surface area contributed by atoms with Gasteiger partial charge in [-0.3, -0.25) is 0 Å². The highest BCUT2D eigenvalue weighted by molar-refractivity contribution is 9.10. The van der Waals surface area contributed by atoms with Crippen molar-refractivity contribution in [2.75, 3.05) is 0 Å². The Balaban J connectivity index is 2.40. The molecule has 0 aliphatic heterocycles. The Hall–Kier alpha value is -1.47. The molecule has 0 aliphatic carbocycles. The van der Waals surface area contributed by atoms with E-state index >= 15 is 0 Å². The molecule has 0 atom stereocenters. The first kappa shape index (κ1) is 14.0. The summed E-state index contributed by atoms with van der Waals surface area (Å²) in [5, 5.41) is 0. The average molecular weight is 349 g/mol. The maximum absolute atomic E-state index is 13.4. The third-order valence-electron chi connectivity index (χ3n) is 2.20. The first-order valence-corrected chi connectivity index (χ1v) is 7.24. The fourth-order valence-electron chi connectivity index (χ4n) is 1.35. The van der Waals surface area contributed by atoms with Crippen molar-refractivity contribution in [1.29, 1.82) is 0 Å². The van der Waals surface area contributed by atoms with Crippen LogP contribution in [-0.2, 0) is 10.1 Å². The van der Waals surface area contributed by atoms with Crippen molar-refractivity contribution in [1.82, 2.24) is 0 Å². The van der Waals surface area contributed by atoms with Crippen molar-refractivity contribution >= 4 is 26.0 Å². The van der Waals surface area contributed by atoms with Gasteiger partial charge in [0, 0.05) is 10.5 Å². The lowest BCUT2D eigenvalue weighted by Gasteiger charge is -2.09. The maximum Gasteiger partial charge on any atom is 0.340 e. The number of rotatable bonds is 3. The van der Waals surface area contributed by atoms with Crippen LogP contribution >= 0.6 is 15.9 Å². The quantitative estimate of drug-likeness (QED) is 0.797. The SMILES string of the molecule is O=S(=O)(Oc1ccc(F)cc1F)c1ccccc1Br. The van der Waals surface area contributed by atoms with Crippen LogP contribution in [0, 0.1) is 11.6 Å². The predicted octanol–water partition coefficient (Wildman–Crippen LogP) is 3.50. The second-order valence-electron chi connectivity index (χ2n) is 3.54. The highest BCUT2D eigenvalue weighted by Gasteiger charge is 2.21. The smallest absolute Gasteiger partial charge is 0.340 e. The average Bonchev–Trinajstić information content (AvgIpc) is 2.33. The van der Waals surface area contributed by atoms with E-state index in [1.54, 1.807) is 6.07 Å². The summed E-state index contributed by atoms with van der Waals surface area (Å²) in [5.41, 5.74) is 0. The summed E-state index contributed by atoms with van der Waals surface area (Å²) >= 11 is 3.06. The van der Waals surface area contributed by atoms with Crippen LogP contribution in [0.1, 0.15) is 0 Å². The lowest BCUT2D eigenvalue weighted by Crippen LogP contribution is -2.11. The van der Waals surface area contributed by atoms with Gasteiger partial charge in [0.1, 0.15) is 10.7 Å². The third kappa shape index (κ3) is 3.10. The number of benzene rings is 2. The zero-order valence-corrected chi connectivity index (χ0v) is 11.7. The second-order valence-corrected chi connectivity index (χ2v) is 5.91. The Morgan fingerprint density at radius 1 is 1.05 bits per heavy atom. The van der Waals surface area contributed by atoms with Gasteiger partial charge in [-0.1, -0.05) is 12.1 Å². The molecule has 0 spiro atoms. The van der Waals surface area contributed by atoms with Crippen LogP contribution in [0.3, 0.4) is 0 Å². The Morgan fingerprint density at radius 3 is 2.37 bits per heavy atom. The molecule has 0 unspecified atom stereocenters. The van der Waals surface area contributed by atoms with Crippen LogP contribution in [-0.4, -0.2) is 8.42 Å². The molecule has 0 saturated heterocycles. The Morgan fingerprint density at radius 2 is 1.74 bits per heavy atom. The molecule has 0 amide bonds. The van der Waals surface area contributed by atoms with Crippen LogP contribution in [0.5, 0.6) is 5.75 Å². The van der Waals surface area contributed by atoms with E-state index in [1.165, 1.54) is 18.2 Å². The Kier molecular flexibility index (Phi) is 3.86. The summed E-state index contributed by atoms with van der Waals surface area (Å²) in [6.45, 7) is 0. The largest absolute Gasteiger partial charge is 0.376 e. The van der Waals surface area contributed by atoms with Crippen LogP contribution < -0.4 is 4.18 Å². The van der Waals surface area contributed by atoms with E-state index in [9.17, 15) is 17.2 Å². The summed E-state index contributed by atoms with van der Waals surface area (Å²) in [5.74, 6) is -2.46. The normalized spacial score (nSPS) is 11.3. The minimum Gasteiger partial charge on any atom is -0.376 e. The lowest BCUT2D eigenvalue weighted by atomic mass is 10.3. The molecule has 0 heterocycles. The molecular weight excluding hydrogens is 342 g/mol. The van der Waals surface area contributed by atoms with Crippen LogP contribution in [0.4, 0.5) is 8.78 Å². The van der Waals surface area contributed by atoms with Crippen molar-refractivity contribution in [2.45, 2.75) is 4.90 Å². The van der Waals surface area contributed by atoms with Crippen LogP contribution in [0.15, 0.2) is 51.8 Å². The van der Waals surface area contributed by atoms with Crippen molar-refractivity contribution in [3.05, 3.63) is 58.6 Å². The molecule has 3 nitrogen and oxygen atoms in total. The van der Waals surface area contributed by atoms with Gasteiger partial charge in [-0.2, -0.15) is 8.42 Å². The van der Waals surface area contributed by atoms with E-state index in [0.717, 1.165) is 12.1 Å². The summed E-state index contributed by atoms with van der Waals surface area (Å²) in [7, 11) is -4.19. The molecule has 100 valence electrons. The number of hydrogen-bond acceptors (Lipinski definition) is 3. The fraction of sp³-hybridized carbons (Fsp3) is 0. The lowest BCUT2D eigenvalue weighted by molar-refractivity contribution is 0.457. The molecule has 2 aromatic rings. The Labute approximate surface area is 117 Å². The number of halogens is 3. The molecule has 2 rings (SSSR count). The van der Waals surface area contributed by atoms with E-state index in [4.69, 9.17) is 0 Å². The molecule has 0 bridgehead atoms. The third-order valence-corrected chi connectivity index (χ3v) is 4.45. The monoisotopic (exact) mass is 348 g/mol. The molecule has 0 N–H and O–H groups in total. The first-order chi connectivity index (χ1) is 8.90. The van der Waals surface area contributed by atoms with Crippen LogP contribution in [0.2, 0.25) is 0 Å². The van der Waals surface area contributed by atoms with E-state index in [-0.39, 0.29) is 9.37 Å². The molecule has 0 aromatic heterocycles. The topological polar surface area (TPSA) is 43.4 Å². The van der Waals surface area contributed by atoms with E-state index < -0.39 is 27.5 Å². The molecule has 0 fully saturated rings. The second kappa shape index (κ2) is 5.26. The zero-order valence-electron chi connectivity index (χ0n) is 9.31. The molecule has 2 aromatic carbocycles. The van der Waals surface area contributed by atoms with Gasteiger partial charge in [-0.25, -0.2) is 8.78 Å². The van der Waals surface area contributed by atoms with Gasteiger partial charge in [-0.05, 0) is 40.2 Å². The first-order valence-electron chi connectivity index (χ1n) is 5.04. The molecule has 19 heavy (non-hydrogen) atoms. The van der Waals surface area contributed by atoms with E-state index in [2.05, 4.69) is 20.1 Å². The van der Waals surface area contributed by atoms with Crippen molar-refractivity contribution in [3.63, 3.8) is 0 Å².